The van der Waals surface area contributed by atoms with Crippen molar-refractivity contribution >= 4 is 23.2 Å². The number of benzene rings is 2. The number of ether oxygens (including phenoxy) is 1. The minimum Gasteiger partial charge on any atom is -0.482 e. The molecule has 0 saturated heterocycles. The third-order valence-electron chi connectivity index (χ3n) is 3.74. The Hall–Kier alpha value is -2.51. The summed E-state index contributed by atoms with van der Waals surface area (Å²) in [4.78, 5) is 14.2. The molecule has 0 bridgehead atoms. The zero-order valence-electron chi connectivity index (χ0n) is 13.8. The highest BCUT2D eigenvalue weighted by atomic mass is 35.5. The van der Waals surface area contributed by atoms with Crippen LogP contribution >= 0.6 is 11.6 Å². The Labute approximate surface area is 147 Å². The smallest absolute Gasteiger partial charge is 0.264 e. The van der Waals surface area contributed by atoms with Crippen LogP contribution in [0.2, 0.25) is 5.02 Å². The molecule has 0 N–H and O–H groups in total. The lowest BCUT2D eigenvalue weighted by Crippen LogP contribution is -2.35. The highest BCUT2D eigenvalue weighted by molar-refractivity contribution is 6.32. The van der Waals surface area contributed by atoms with E-state index in [2.05, 4.69) is 6.07 Å². The second-order valence-corrected chi connectivity index (χ2v) is 5.85. The van der Waals surface area contributed by atoms with Crippen molar-refractivity contribution in [3.63, 3.8) is 0 Å². The second-order valence-electron chi connectivity index (χ2n) is 5.44. The summed E-state index contributed by atoms with van der Waals surface area (Å²) in [7, 11) is 0. The number of halogens is 1. The zero-order chi connectivity index (χ0) is 17.5. The van der Waals surface area contributed by atoms with Crippen molar-refractivity contribution in [3.8, 4) is 11.8 Å². The summed E-state index contributed by atoms with van der Waals surface area (Å²) in [5, 5.41) is 9.31. The number of carbonyl (C=O) groups excluding carboxylic acids is 1. The Morgan fingerprint density at radius 3 is 2.62 bits per heavy atom. The molecule has 1 amide bonds. The van der Waals surface area contributed by atoms with Gasteiger partial charge in [0.2, 0.25) is 0 Å². The summed E-state index contributed by atoms with van der Waals surface area (Å²) < 4.78 is 5.53. The Morgan fingerprint density at radius 2 is 1.96 bits per heavy atom. The molecule has 0 unspecified atom stereocenters. The van der Waals surface area contributed by atoms with Crippen LogP contribution in [-0.2, 0) is 4.79 Å². The highest BCUT2D eigenvalue weighted by Gasteiger charge is 2.17. The summed E-state index contributed by atoms with van der Waals surface area (Å²) in [6.07, 6.45) is 0.255. The molecule has 0 heterocycles. The SMILES string of the molecule is Cc1ccc(N(CCC#N)C(=O)COc2ccccc2Cl)cc1C. The normalized spacial score (nSPS) is 10.1. The number of nitriles is 1. The largest absolute Gasteiger partial charge is 0.482 e. The molecule has 4 nitrogen and oxygen atoms in total. The summed E-state index contributed by atoms with van der Waals surface area (Å²) in [6.45, 7) is 4.19. The van der Waals surface area contributed by atoms with Crippen LogP contribution in [0.5, 0.6) is 5.75 Å². The molecule has 0 aromatic heterocycles. The van der Waals surface area contributed by atoms with Crippen LogP contribution in [0.3, 0.4) is 0 Å². The van der Waals surface area contributed by atoms with Gasteiger partial charge in [0, 0.05) is 12.2 Å². The van der Waals surface area contributed by atoms with E-state index < -0.39 is 0 Å². The molecule has 0 aliphatic rings. The van der Waals surface area contributed by atoms with Gasteiger partial charge >= 0.3 is 0 Å². The number of aryl methyl sites for hydroxylation is 2. The topological polar surface area (TPSA) is 53.3 Å². The van der Waals surface area contributed by atoms with Gasteiger partial charge in [-0.2, -0.15) is 5.26 Å². The number of carbonyl (C=O) groups is 1. The molecule has 124 valence electrons. The first-order valence-corrected chi connectivity index (χ1v) is 8.02. The van der Waals surface area contributed by atoms with E-state index in [0.717, 1.165) is 16.8 Å². The van der Waals surface area contributed by atoms with Crippen molar-refractivity contribution in [3.05, 3.63) is 58.6 Å². The van der Waals surface area contributed by atoms with Crippen LogP contribution < -0.4 is 9.64 Å². The minimum absolute atomic E-state index is 0.137. The third-order valence-corrected chi connectivity index (χ3v) is 4.05. The minimum atomic E-state index is -0.214. The number of para-hydroxylation sites is 1. The monoisotopic (exact) mass is 342 g/mol. The molecule has 0 aliphatic heterocycles. The van der Waals surface area contributed by atoms with Crippen molar-refractivity contribution in [1.82, 2.24) is 0 Å². The van der Waals surface area contributed by atoms with Gasteiger partial charge in [0.1, 0.15) is 5.75 Å². The number of amides is 1. The maximum absolute atomic E-state index is 12.6. The Kier molecular flexibility index (Phi) is 6.22. The van der Waals surface area contributed by atoms with Crippen LogP contribution in [0, 0.1) is 25.2 Å². The lowest BCUT2D eigenvalue weighted by atomic mass is 10.1. The lowest BCUT2D eigenvalue weighted by molar-refractivity contribution is -0.120. The van der Waals surface area contributed by atoms with Crippen molar-refractivity contribution in [2.24, 2.45) is 0 Å². The molecule has 24 heavy (non-hydrogen) atoms. The number of hydrogen-bond donors (Lipinski definition) is 0. The highest BCUT2D eigenvalue weighted by Crippen LogP contribution is 2.24. The maximum atomic E-state index is 12.6. The summed E-state index contributed by atoms with van der Waals surface area (Å²) in [6, 6.07) is 14.9. The molecule has 2 rings (SSSR count). The van der Waals surface area contributed by atoms with E-state index in [-0.39, 0.29) is 18.9 Å². The fourth-order valence-electron chi connectivity index (χ4n) is 2.23. The molecule has 0 spiro atoms. The second kappa shape index (κ2) is 8.37. The molecule has 2 aromatic rings. The van der Waals surface area contributed by atoms with E-state index in [1.54, 1.807) is 29.2 Å². The predicted molar refractivity (Wildman–Crippen MR) is 95.4 cm³/mol. The van der Waals surface area contributed by atoms with E-state index in [9.17, 15) is 4.79 Å². The van der Waals surface area contributed by atoms with E-state index >= 15 is 0 Å². The van der Waals surface area contributed by atoms with Crippen molar-refractivity contribution < 1.29 is 9.53 Å². The Balaban J connectivity index is 2.14. The van der Waals surface area contributed by atoms with Gasteiger partial charge in [-0.25, -0.2) is 0 Å². The van der Waals surface area contributed by atoms with E-state index in [0.29, 0.717) is 17.3 Å². The molecule has 0 atom stereocenters. The Bertz CT molecular complexity index is 768. The Morgan fingerprint density at radius 1 is 1.21 bits per heavy atom. The molecule has 0 fully saturated rings. The first-order chi connectivity index (χ1) is 11.5. The van der Waals surface area contributed by atoms with Gasteiger partial charge in [-0.15, -0.1) is 0 Å². The van der Waals surface area contributed by atoms with Crippen LogP contribution in [0.4, 0.5) is 5.69 Å². The van der Waals surface area contributed by atoms with E-state index in [1.807, 2.05) is 32.0 Å². The van der Waals surface area contributed by atoms with E-state index in [4.69, 9.17) is 21.6 Å². The molecule has 0 aliphatic carbocycles. The zero-order valence-corrected chi connectivity index (χ0v) is 14.5. The van der Waals surface area contributed by atoms with Gasteiger partial charge in [-0.3, -0.25) is 4.79 Å². The number of nitrogens with zero attached hydrogens (tertiary/aromatic N) is 2. The van der Waals surface area contributed by atoms with Gasteiger partial charge in [0.05, 0.1) is 17.5 Å². The third kappa shape index (κ3) is 4.50. The summed E-state index contributed by atoms with van der Waals surface area (Å²) in [5.41, 5.74) is 3.01. The van der Waals surface area contributed by atoms with Crippen LogP contribution in [0.1, 0.15) is 17.5 Å². The fraction of sp³-hybridized carbons (Fsp3) is 0.263. The molecular weight excluding hydrogens is 324 g/mol. The summed E-state index contributed by atoms with van der Waals surface area (Å²) >= 11 is 6.03. The predicted octanol–water partition coefficient (Wildman–Crippen LogP) is 4.28. The van der Waals surface area contributed by atoms with Crippen LogP contribution in [0.15, 0.2) is 42.5 Å². The van der Waals surface area contributed by atoms with Gasteiger partial charge in [0.15, 0.2) is 6.61 Å². The molecule has 5 heteroatoms. The quantitative estimate of drug-likeness (QED) is 0.787. The summed E-state index contributed by atoms with van der Waals surface area (Å²) in [5.74, 6) is 0.251. The van der Waals surface area contributed by atoms with E-state index in [1.165, 1.54) is 0 Å². The van der Waals surface area contributed by atoms with Crippen molar-refractivity contribution in [2.45, 2.75) is 20.3 Å². The molecule has 0 saturated carbocycles. The first kappa shape index (κ1) is 17.8. The molecule has 2 aromatic carbocycles. The van der Waals surface area contributed by atoms with Gasteiger partial charge in [0.25, 0.3) is 5.91 Å². The van der Waals surface area contributed by atoms with Gasteiger partial charge in [-0.1, -0.05) is 29.8 Å². The maximum Gasteiger partial charge on any atom is 0.264 e. The number of hydrogen-bond acceptors (Lipinski definition) is 3. The van der Waals surface area contributed by atoms with Crippen molar-refractivity contribution in [2.75, 3.05) is 18.1 Å². The first-order valence-electron chi connectivity index (χ1n) is 7.65. The van der Waals surface area contributed by atoms with Crippen molar-refractivity contribution in [1.29, 1.82) is 5.26 Å². The fourth-order valence-corrected chi connectivity index (χ4v) is 2.42. The average molecular weight is 343 g/mol. The standard InChI is InChI=1S/C19H19ClN2O2/c1-14-8-9-16(12-15(14)2)22(11-5-10-21)19(23)13-24-18-7-4-3-6-17(18)20/h3-4,6-9,12H,5,11,13H2,1-2H3. The van der Waals surface area contributed by atoms with Gasteiger partial charge in [-0.05, 0) is 49.2 Å². The number of rotatable bonds is 6. The van der Waals surface area contributed by atoms with Crippen LogP contribution in [-0.4, -0.2) is 19.1 Å². The molecular formula is C19H19ClN2O2. The lowest BCUT2D eigenvalue weighted by Gasteiger charge is -2.23. The molecule has 0 radical (unpaired) electrons. The average Bonchev–Trinajstić information content (AvgIpc) is 2.57. The number of anilines is 1. The van der Waals surface area contributed by atoms with Crippen LogP contribution in [0.25, 0.3) is 0 Å². The van der Waals surface area contributed by atoms with Gasteiger partial charge < -0.3 is 9.64 Å².